The van der Waals surface area contributed by atoms with E-state index in [0.717, 1.165) is 0 Å². The molecule has 0 spiro atoms. The number of hydrogen-bond acceptors (Lipinski definition) is 4. The number of aryl methyl sites for hydroxylation is 1. The standard InChI is InChI=1S/C14H19N3O2S/c1-3-6-16-7-9-17(10-8-16)20(18,19)14-5-4-13(15)11-12(14)2/h1,4-5,11H,6-10,15H2,2H3. The molecular weight excluding hydrogens is 274 g/mol. The number of nitrogens with zero attached hydrogens (tertiary/aromatic N) is 2. The van der Waals surface area contributed by atoms with E-state index in [9.17, 15) is 8.42 Å². The SMILES string of the molecule is C#CCN1CCN(S(=O)(=O)c2ccc(N)cc2C)CC1. The van der Waals surface area contributed by atoms with E-state index in [1.807, 2.05) is 0 Å². The van der Waals surface area contributed by atoms with Gasteiger partial charge in [-0.15, -0.1) is 6.42 Å². The van der Waals surface area contributed by atoms with Crippen LogP contribution in [0.5, 0.6) is 0 Å². The molecule has 1 aromatic rings. The van der Waals surface area contributed by atoms with Gasteiger partial charge in [-0.05, 0) is 30.7 Å². The number of anilines is 1. The van der Waals surface area contributed by atoms with Crippen LogP contribution in [0.25, 0.3) is 0 Å². The molecule has 1 aliphatic heterocycles. The maximum Gasteiger partial charge on any atom is 0.243 e. The molecule has 0 radical (unpaired) electrons. The number of benzene rings is 1. The summed E-state index contributed by atoms with van der Waals surface area (Å²) in [5.74, 6) is 2.58. The second-order valence-electron chi connectivity index (χ2n) is 4.91. The van der Waals surface area contributed by atoms with E-state index < -0.39 is 10.0 Å². The lowest BCUT2D eigenvalue weighted by atomic mass is 10.2. The van der Waals surface area contributed by atoms with Crippen LogP contribution in [0.2, 0.25) is 0 Å². The summed E-state index contributed by atoms with van der Waals surface area (Å²) in [5.41, 5.74) is 6.91. The average Bonchev–Trinajstić information content (AvgIpc) is 2.39. The molecule has 1 aliphatic rings. The highest BCUT2D eigenvalue weighted by Gasteiger charge is 2.29. The molecule has 0 aromatic heterocycles. The summed E-state index contributed by atoms with van der Waals surface area (Å²) in [6, 6.07) is 4.88. The van der Waals surface area contributed by atoms with Crippen molar-refractivity contribution in [3.8, 4) is 12.3 Å². The average molecular weight is 293 g/mol. The molecule has 0 saturated carbocycles. The Morgan fingerprint density at radius 1 is 1.30 bits per heavy atom. The van der Waals surface area contributed by atoms with Crippen LogP contribution in [0.4, 0.5) is 5.69 Å². The van der Waals surface area contributed by atoms with E-state index >= 15 is 0 Å². The fourth-order valence-electron chi connectivity index (χ4n) is 2.36. The van der Waals surface area contributed by atoms with Gasteiger partial charge in [-0.3, -0.25) is 4.90 Å². The Labute approximate surface area is 120 Å². The molecule has 0 unspecified atom stereocenters. The van der Waals surface area contributed by atoms with E-state index in [1.54, 1.807) is 25.1 Å². The van der Waals surface area contributed by atoms with Crippen molar-refractivity contribution in [2.45, 2.75) is 11.8 Å². The van der Waals surface area contributed by atoms with Crippen LogP contribution in [0.1, 0.15) is 5.56 Å². The summed E-state index contributed by atoms with van der Waals surface area (Å²) in [4.78, 5) is 2.40. The fraction of sp³-hybridized carbons (Fsp3) is 0.429. The molecule has 0 atom stereocenters. The minimum absolute atomic E-state index is 0.331. The van der Waals surface area contributed by atoms with Crippen molar-refractivity contribution in [3.05, 3.63) is 23.8 Å². The molecule has 1 aromatic carbocycles. The Balaban J connectivity index is 2.18. The van der Waals surface area contributed by atoms with Gasteiger partial charge in [0.1, 0.15) is 0 Å². The summed E-state index contributed by atoms with van der Waals surface area (Å²) in [6.45, 7) is 4.59. The number of piperazine rings is 1. The van der Waals surface area contributed by atoms with Crippen LogP contribution in [0.3, 0.4) is 0 Å². The van der Waals surface area contributed by atoms with Gasteiger partial charge in [0, 0.05) is 31.9 Å². The Kier molecular flexibility index (Phi) is 4.33. The third kappa shape index (κ3) is 2.96. The molecule has 0 aliphatic carbocycles. The van der Waals surface area contributed by atoms with Crippen molar-refractivity contribution in [1.82, 2.24) is 9.21 Å². The molecule has 1 fully saturated rings. The Bertz CT molecular complexity index is 626. The van der Waals surface area contributed by atoms with E-state index in [4.69, 9.17) is 12.2 Å². The lowest BCUT2D eigenvalue weighted by Crippen LogP contribution is -2.48. The van der Waals surface area contributed by atoms with E-state index in [-0.39, 0.29) is 0 Å². The highest BCUT2D eigenvalue weighted by atomic mass is 32.2. The largest absolute Gasteiger partial charge is 0.399 e. The van der Waals surface area contributed by atoms with Crippen molar-refractivity contribution in [2.24, 2.45) is 0 Å². The number of nitrogen functional groups attached to an aromatic ring is 1. The first-order valence-corrected chi connectivity index (χ1v) is 7.91. The van der Waals surface area contributed by atoms with Gasteiger partial charge in [-0.2, -0.15) is 4.31 Å². The smallest absolute Gasteiger partial charge is 0.243 e. The van der Waals surface area contributed by atoms with E-state index in [1.165, 1.54) is 4.31 Å². The quantitative estimate of drug-likeness (QED) is 0.651. The number of nitrogens with two attached hydrogens (primary N) is 1. The first kappa shape index (κ1) is 14.9. The maximum absolute atomic E-state index is 12.6. The topological polar surface area (TPSA) is 66.6 Å². The second kappa shape index (κ2) is 5.83. The number of rotatable bonds is 3. The first-order chi connectivity index (χ1) is 9.45. The molecule has 1 saturated heterocycles. The van der Waals surface area contributed by atoms with Crippen molar-refractivity contribution >= 4 is 15.7 Å². The van der Waals surface area contributed by atoms with Crippen LogP contribution in [-0.2, 0) is 10.0 Å². The van der Waals surface area contributed by atoms with Crippen LogP contribution in [0, 0.1) is 19.3 Å². The predicted molar refractivity (Wildman–Crippen MR) is 79.6 cm³/mol. The van der Waals surface area contributed by atoms with Crippen LogP contribution >= 0.6 is 0 Å². The van der Waals surface area contributed by atoms with Gasteiger partial charge < -0.3 is 5.73 Å². The molecule has 0 bridgehead atoms. The highest BCUT2D eigenvalue weighted by molar-refractivity contribution is 7.89. The Morgan fingerprint density at radius 2 is 1.95 bits per heavy atom. The molecule has 0 amide bonds. The van der Waals surface area contributed by atoms with Crippen molar-refractivity contribution < 1.29 is 8.42 Å². The first-order valence-electron chi connectivity index (χ1n) is 6.47. The zero-order chi connectivity index (χ0) is 14.8. The maximum atomic E-state index is 12.6. The molecule has 2 N–H and O–H groups in total. The second-order valence-corrected chi connectivity index (χ2v) is 6.82. The van der Waals surface area contributed by atoms with Crippen LogP contribution in [-0.4, -0.2) is 50.3 Å². The highest BCUT2D eigenvalue weighted by Crippen LogP contribution is 2.22. The van der Waals surface area contributed by atoms with Gasteiger partial charge in [-0.1, -0.05) is 5.92 Å². The summed E-state index contributed by atoms with van der Waals surface area (Å²) in [7, 11) is -3.45. The summed E-state index contributed by atoms with van der Waals surface area (Å²) >= 11 is 0. The molecule has 6 heteroatoms. The lowest BCUT2D eigenvalue weighted by molar-refractivity contribution is 0.207. The lowest BCUT2D eigenvalue weighted by Gasteiger charge is -2.33. The summed E-state index contributed by atoms with van der Waals surface area (Å²) in [6.07, 6.45) is 5.27. The normalized spacial score (nSPS) is 17.8. The molecule has 1 heterocycles. The number of hydrogen-bond donors (Lipinski definition) is 1. The molecule has 5 nitrogen and oxygen atoms in total. The minimum atomic E-state index is -3.45. The van der Waals surface area contributed by atoms with E-state index in [2.05, 4.69) is 10.8 Å². The monoisotopic (exact) mass is 293 g/mol. The van der Waals surface area contributed by atoms with Gasteiger partial charge in [0.05, 0.1) is 11.4 Å². The molecule has 108 valence electrons. The fourth-order valence-corrected chi connectivity index (χ4v) is 3.99. The zero-order valence-electron chi connectivity index (χ0n) is 11.5. The van der Waals surface area contributed by atoms with Gasteiger partial charge in [0.25, 0.3) is 0 Å². The Hall–Kier alpha value is -1.55. The Morgan fingerprint density at radius 3 is 2.50 bits per heavy atom. The van der Waals surface area contributed by atoms with Gasteiger partial charge >= 0.3 is 0 Å². The third-order valence-corrected chi connectivity index (χ3v) is 5.52. The molecule has 2 rings (SSSR count). The zero-order valence-corrected chi connectivity index (χ0v) is 12.4. The van der Waals surface area contributed by atoms with Crippen LogP contribution < -0.4 is 5.73 Å². The molecular formula is C14H19N3O2S. The molecule has 20 heavy (non-hydrogen) atoms. The van der Waals surface area contributed by atoms with Crippen molar-refractivity contribution in [2.75, 3.05) is 38.5 Å². The van der Waals surface area contributed by atoms with E-state index in [0.29, 0.717) is 48.9 Å². The van der Waals surface area contributed by atoms with Crippen LogP contribution in [0.15, 0.2) is 23.1 Å². The summed E-state index contributed by atoms with van der Waals surface area (Å²) in [5, 5.41) is 0. The van der Waals surface area contributed by atoms with Crippen molar-refractivity contribution in [1.29, 1.82) is 0 Å². The third-order valence-electron chi connectivity index (χ3n) is 3.46. The van der Waals surface area contributed by atoms with Gasteiger partial charge in [0.15, 0.2) is 0 Å². The minimum Gasteiger partial charge on any atom is -0.399 e. The predicted octanol–water partition coefficient (Wildman–Crippen LogP) is 0.517. The number of terminal acetylenes is 1. The van der Waals surface area contributed by atoms with Gasteiger partial charge in [0.2, 0.25) is 10.0 Å². The number of sulfonamides is 1. The van der Waals surface area contributed by atoms with Gasteiger partial charge in [-0.25, -0.2) is 8.42 Å². The van der Waals surface area contributed by atoms with Crippen molar-refractivity contribution in [3.63, 3.8) is 0 Å². The summed E-state index contributed by atoms with van der Waals surface area (Å²) < 4.78 is 26.7.